The maximum absolute atomic E-state index is 13.5. The van der Waals surface area contributed by atoms with E-state index in [1.807, 2.05) is 0 Å². The van der Waals surface area contributed by atoms with Gasteiger partial charge in [0.05, 0.1) is 5.56 Å². The first-order valence-electron chi connectivity index (χ1n) is 9.82. The van der Waals surface area contributed by atoms with E-state index in [1.165, 1.54) is 6.07 Å². The summed E-state index contributed by atoms with van der Waals surface area (Å²) in [5, 5.41) is 3.36. The third-order valence-corrected chi connectivity index (χ3v) is 5.17. The molecule has 182 valence electrons. The minimum Gasteiger partial charge on any atom is -0.368 e. The van der Waals surface area contributed by atoms with Gasteiger partial charge >= 0.3 is 18.0 Å². The maximum Gasteiger partial charge on any atom is 0.435 e. The van der Waals surface area contributed by atoms with Crippen molar-refractivity contribution in [2.45, 2.75) is 19.0 Å². The van der Waals surface area contributed by atoms with E-state index in [-0.39, 0.29) is 44.5 Å². The zero-order valence-corrected chi connectivity index (χ0v) is 17.2. The van der Waals surface area contributed by atoms with Crippen LogP contribution in [-0.4, -0.2) is 50.5 Å². The summed E-state index contributed by atoms with van der Waals surface area (Å²) in [6.07, 6.45) is -7.23. The van der Waals surface area contributed by atoms with Crippen molar-refractivity contribution in [1.29, 1.82) is 0 Å². The van der Waals surface area contributed by atoms with Crippen LogP contribution in [0.5, 0.6) is 0 Å². The standard InChI is InChI=1S/C19H16F7N7O/c20-14-2-1-12(9-13(14)18(21,22)23)30-5-7-31(8-6-30)16-27-10-32(17(34)28-16)11-33-4-3-15(29-33)19(24,25)26/h1-4,9-10H,5-8,11H2. The quantitative estimate of drug-likeness (QED) is 0.523. The molecule has 0 unspecified atom stereocenters. The molecule has 1 aromatic carbocycles. The molecule has 0 N–H and O–H groups in total. The van der Waals surface area contributed by atoms with Crippen molar-refractivity contribution in [3.8, 4) is 0 Å². The number of hydrogen-bond acceptors (Lipinski definition) is 6. The average Bonchev–Trinajstić information content (AvgIpc) is 3.24. The molecule has 0 saturated carbocycles. The molecule has 3 aromatic rings. The van der Waals surface area contributed by atoms with E-state index in [9.17, 15) is 35.5 Å². The van der Waals surface area contributed by atoms with Gasteiger partial charge in [-0.25, -0.2) is 14.2 Å². The van der Waals surface area contributed by atoms with Gasteiger partial charge in [0.15, 0.2) is 5.69 Å². The van der Waals surface area contributed by atoms with Crippen LogP contribution in [-0.2, 0) is 19.0 Å². The van der Waals surface area contributed by atoms with Crippen LogP contribution >= 0.6 is 0 Å². The van der Waals surface area contributed by atoms with Gasteiger partial charge in [-0.05, 0) is 24.3 Å². The predicted molar refractivity (Wildman–Crippen MR) is 105 cm³/mol. The van der Waals surface area contributed by atoms with E-state index < -0.39 is 35.1 Å². The van der Waals surface area contributed by atoms with Crippen LogP contribution in [0.25, 0.3) is 0 Å². The van der Waals surface area contributed by atoms with Crippen LogP contribution < -0.4 is 15.5 Å². The van der Waals surface area contributed by atoms with Gasteiger partial charge in [-0.3, -0.25) is 9.25 Å². The Bertz CT molecular complexity index is 1230. The SMILES string of the molecule is O=c1nc(N2CCN(c3ccc(F)c(C(F)(F)F)c3)CC2)ncn1Cn1ccc(C(F)(F)F)n1. The zero-order chi connectivity index (χ0) is 24.7. The number of aromatic nitrogens is 5. The Morgan fingerprint density at radius 1 is 0.912 bits per heavy atom. The maximum atomic E-state index is 13.5. The highest BCUT2D eigenvalue weighted by Crippen LogP contribution is 2.34. The van der Waals surface area contributed by atoms with Gasteiger partial charge in [0.1, 0.15) is 18.8 Å². The Kier molecular flexibility index (Phi) is 5.95. The number of anilines is 2. The number of hydrogen-bond donors (Lipinski definition) is 0. The van der Waals surface area contributed by atoms with E-state index in [2.05, 4.69) is 15.1 Å². The molecule has 0 bridgehead atoms. The molecular weight excluding hydrogens is 475 g/mol. The van der Waals surface area contributed by atoms with Crippen LogP contribution in [0.2, 0.25) is 0 Å². The second-order valence-corrected chi connectivity index (χ2v) is 7.42. The van der Waals surface area contributed by atoms with Crippen molar-refractivity contribution in [2.75, 3.05) is 36.0 Å². The number of halogens is 7. The van der Waals surface area contributed by atoms with E-state index in [4.69, 9.17) is 0 Å². The van der Waals surface area contributed by atoms with Gasteiger partial charge in [-0.15, -0.1) is 0 Å². The summed E-state index contributed by atoms with van der Waals surface area (Å²) in [7, 11) is 0. The fourth-order valence-electron chi connectivity index (χ4n) is 3.44. The molecule has 1 fully saturated rings. The molecule has 1 aliphatic heterocycles. The molecule has 34 heavy (non-hydrogen) atoms. The molecule has 4 rings (SSSR count). The van der Waals surface area contributed by atoms with Crippen molar-refractivity contribution in [3.05, 3.63) is 64.3 Å². The first-order chi connectivity index (χ1) is 15.9. The third kappa shape index (κ3) is 4.97. The summed E-state index contributed by atoms with van der Waals surface area (Å²) in [5.74, 6) is -1.28. The highest BCUT2D eigenvalue weighted by Gasteiger charge is 2.35. The van der Waals surface area contributed by atoms with Gasteiger partial charge in [-0.1, -0.05) is 0 Å². The van der Waals surface area contributed by atoms with Gasteiger partial charge in [-0.2, -0.15) is 36.4 Å². The molecular formula is C19H16F7N7O. The van der Waals surface area contributed by atoms with E-state index in [1.54, 1.807) is 9.80 Å². The molecule has 0 aliphatic carbocycles. The summed E-state index contributed by atoms with van der Waals surface area (Å²) in [6, 6.07) is 3.56. The van der Waals surface area contributed by atoms with Gasteiger partial charge < -0.3 is 9.80 Å². The molecule has 0 atom stereocenters. The minimum absolute atomic E-state index is 0.0763. The highest BCUT2D eigenvalue weighted by atomic mass is 19.4. The first kappa shape index (κ1) is 23.5. The smallest absolute Gasteiger partial charge is 0.368 e. The summed E-state index contributed by atoms with van der Waals surface area (Å²) in [4.78, 5) is 23.5. The molecule has 1 saturated heterocycles. The fraction of sp³-hybridized carbons (Fsp3) is 0.368. The zero-order valence-electron chi connectivity index (χ0n) is 17.2. The second-order valence-electron chi connectivity index (χ2n) is 7.42. The molecule has 0 radical (unpaired) electrons. The number of alkyl halides is 6. The normalized spacial score (nSPS) is 15.1. The lowest BCUT2D eigenvalue weighted by molar-refractivity contribution is -0.141. The molecule has 0 amide bonds. The van der Waals surface area contributed by atoms with Crippen LogP contribution in [0.4, 0.5) is 42.4 Å². The van der Waals surface area contributed by atoms with E-state index >= 15 is 0 Å². The number of piperazine rings is 1. The number of rotatable bonds is 4. The molecule has 0 spiro atoms. The van der Waals surface area contributed by atoms with E-state index in [0.29, 0.717) is 0 Å². The Morgan fingerprint density at radius 3 is 2.18 bits per heavy atom. The topological polar surface area (TPSA) is 72.1 Å². The Morgan fingerprint density at radius 2 is 1.59 bits per heavy atom. The highest BCUT2D eigenvalue weighted by molar-refractivity contribution is 5.51. The van der Waals surface area contributed by atoms with Gasteiger partial charge in [0, 0.05) is 38.1 Å². The fourth-order valence-corrected chi connectivity index (χ4v) is 3.44. The number of benzene rings is 1. The Hall–Kier alpha value is -3.65. The van der Waals surface area contributed by atoms with Crippen molar-refractivity contribution < 1.29 is 30.7 Å². The molecule has 8 nitrogen and oxygen atoms in total. The van der Waals surface area contributed by atoms with Crippen LogP contribution in [0.3, 0.4) is 0 Å². The number of nitrogens with zero attached hydrogens (tertiary/aromatic N) is 7. The first-order valence-corrected chi connectivity index (χ1v) is 9.82. The minimum atomic E-state index is -4.82. The third-order valence-electron chi connectivity index (χ3n) is 5.17. The van der Waals surface area contributed by atoms with Gasteiger partial charge in [0.25, 0.3) is 0 Å². The van der Waals surface area contributed by atoms with Crippen LogP contribution in [0, 0.1) is 5.82 Å². The van der Waals surface area contributed by atoms with Crippen LogP contribution in [0.15, 0.2) is 41.6 Å². The molecule has 2 aromatic heterocycles. The van der Waals surface area contributed by atoms with E-state index in [0.717, 1.165) is 40.0 Å². The molecule has 15 heteroatoms. The summed E-state index contributed by atoms with van der Waals surface area (Å²) in [5.41, 5.74) is -3.00. The molecule has 3 heterocycles. The van der Waals surface area contributed by atoms with Crippen molar-refractivity contribution in [2.24, 2.45) is 0 Å². The Labute approximate surface area is 186 Å². The molecule has 1 aliphatic rings. The summed E-state index contributed by atoms with van der Waals surface area (Å²) < 4.78 is 92.3. The van der Waals surface area contributed by atoms with Gasteiger partial charge in [0.2, 0.25) is 5.95 Å². The van der Waals surface area contributed by atoms with Crippen molar-refractivity contribution in [1.82, 2.24) is 24.3 Å². The summed E-state index contributed by atoms with van der Waals surface area (Å²) in [6.45, 7) is 0.757. The monoisotopic (exact) mass is 491 g/mol. The lowest BCUT2D eigenvalue weighted by Gasteiger charge is -2.36. The van der Waals surface area contributed by atoms with Crippen molar-refractivity contribution >= 4 is 11.6 Å². The average molecular weight is 491 g/mol. The Balaban J connectivity index is 1.42. The second kappa shape index (κ2) is 8.61. The predicted octanol–water partition coefficient (Wildman–Crippen LogP) is 2.84. The lowest BCUT2D eigenvalue weighted by atomic mass is 10.1. The summed E-state index contributed by atoms with van der Waals surface area (Å²) >= 11 is 0. The van der Waals surface area contributed by atoms with Crippen molar-refractivity contribution in [3.63, 3.8) is 0 Å². The lowest BCUT2D eigenvalue weighted by Crippen LogP contribution is -2.48. The van der Waals surface area contributed by atoms with Crippen LogP contribution in [0.1, 0.15) is 11.3 Å². The largest absolute Gasteiger partial charge is 0.435 e.